The summed E-state index contributed by atoms with van der Waals surface area (Å²) in [5.74, 6) is -1.11. The van der Waals surface area contributed by atoms with Crippen molar-refractivity contribution in [2.45, 2.75) is 58.0 Å². The Labute approximate surface area is 252 Å². The molecule has 1 amide bonds. The van der Waals surface area contributed by atoms with Gasteiger partial charge in [0.2, 0.25) is 5.91 Å². The van der Waals surface area contributed by atoms with Gasteiger partial charge in [0, 0.05) is 42.2 Å². The fraction of sp³-hybridized carbons (Fsp3) is 0.483. The molecule has 4 heterocycles. The average Bonchev–Trinajstić information content (AvgIpc) is 3.20. The topological polar surface area (TPSA) is 87.9 Å². The lowest BCUT2D eigenvalue weighted by Crippen LogP contribution is -2.49. The van der Waals surface area contributed by atoms with Crippen LogP contribution in [0.2, 0.25) is 5.02 Å². The largest absolute Gasteiger partial charge is 0.573 e. The summed E-state index contributed by atoms with van der Waals surface area (Å²) < 4.78 is 44.2. The van der Waals surface area contributed by atoms with Gasteiger partial charge in [0.25, 0.3) is 0 Å². The average molecular weight is 630 g/mol. The summed E-state index contributed by atoms with van der Waals surface area (Å²) in [6.07, 6.45) is -1.48. The number of carbonyl (C=O) groups is 2. The van der Waals surface area contributed by atoms with Crippen molar-refractivity contribution in [3.05, 3.63) is 58.4 Å². The van der Waals surface area contributed by atoms with Gasteiger partial charge in [0.05, 0.1) is 18.1 Å². The molecule has 0 atom stereocenters. The molecule has 1 N–H and O–H groups in total. The first-order valence-electron chi connectivity index (χ1n) is 13.5. The van der Waals surface area contributed by atoms with E-state index in [-0.39, 0.29) is 47.6 Å². The summed E-state index contributed by atoms with van der Waals surface area (Å²) in [6, 6.07) is 8.07. The van der Waals surface area contributed by atoms with Crippen LogP contribution in [0.3, 0.4) is 0 Å². The van der Waals surface area contributed by atoms with Gasteiger partial charge in [0.1, 0.15) is 11.4 Å². The lowest BCUT2D eigenvalue weighted by atomic mass is 9.79. The van der Waals surface area contributed by atoms with E-state index in [1.165, 1.54) is 12.1 Å². The van der Waals surface area contributed by atoms with Crippen molar-refractivity contribution in [2.75, 3.05) is 26.2 Å². The Hall–Kier alpha value is -3.02. The maximum Gasteiger partial charge on any atom is 0.573 e. The molecule has 13 heteroatoms. The van der Waals surface area contributed by atoms with Gasteiger partial charge >= 0.3 is 12.3 Å². The second-order valence-electron chi connectivity index (χ2n) is 11.5. The Morgan fingerprint density at radius 1 is 1.19 bits per heavy atom. The number of carboxylic acid groups (broad SMARTS) is 1. The zero-order valence-corrected chi connectivity index (χ0v) is 24.9. The van der Waals surface area contributed by atoms with Gasteiger partial charge in [-0.15, -0.1) is 25.6 Å². The third-order valence-electron chi connectivity index (χ3n) is 7.97. The molecule has 2 aromatic heterocycles. The van der Waals surface area contributed by atoms with Crippen LogP contribution in [0, 0.1) is 5.92 Å². The highest BCUT2D eigenvalue weighted by atomic mass is 35.5. The van der Waals surface area contributed by atoms with E-state index in [9.17, 15) is 22.8 Å². The van der Waals surface area contributed by atoms with Crippen LogP contribution in [0.4, 0.5) is 13.2 Å². The first kappa shape index (κ1) is 31.9. The molecular formula is C29H33Cl2F3N4O4. The summed E-state index contributed by atoms with van der Waals surface area (Å²) in [7, 11) is 0. The van der Waals surface area contributed by atoms with E-state index >= 15 is 0 Å². The molecule has 1 saturated heterocycles. The van der Waals surface area contributed by atoms with Crippen LogP contribution in [-0.2, 0) is 28.1 Å². The van der Waals surface area contributed by atoms with Crippen LogP contribution in [0.15, 0.2) is 36.5 Å². The van der Waals surface area contributed by atoms with Gasteiger partial charge in [-0.25, -0.2) is 4.98 Å². The van der Waals surface area contributed by atoms with Gasteiger partial charge < -0.3 is 19.3 Å². The molecule has 1 fully saturated rings. The zero-order chi connectivity index (χ0) is 29.5. The molecule has 0 saturated carbocycles. The number of aliphatic carboxylic acids is 1. The molecule has 0 bridgehead atoms. The normalized spacial score (nSPS) is 17.5. The Morgan fingerprint density at radius 3 is 2.55 bits per heavy atom. The summed E-state index contributed by atoms with van der Waals surface area (Å²) in [5, 5.41) is 9.90. The van der Waals surface area contributed by atoms with Crippen LogP contribution in [-0.4, -0.2) is 68.9 Å². The summed E-state index contributed by atoms with van der Waals surface area (Å²) >= 11 is 6.14. The molecule has 8 nitrogen and oxygen atoms in total. The number of carbonyl (C=O) groups excluding carboxylic acids is 1. The molecule has 5 rings (SSSR count). The van der Waals surface area contributed by atoms with Crippen molar-refractivity contribution in [2.24, 2.45) is 5.92 Å². The number of amides is 1. The Kier molecular flexibility index (Phi) is 9.34. The first-order chi connectivity index (χ1) is 19.3. The van der Waals surface area contributed by atoms with Crippen LogP contribution in [0.25, 0.3) is 11.0 Å². The maximum absolute atomic E-state index is 13.5. The summed E-state index contributed by atoms with van der Waals surface area (Å²) in [4.78, 5) is 33.2. The first-order valence-corrected chi connectivity index (χ1v) is 13.9. The van der Waals surface area contributed by atoms with Crippen molar-refractivity contribution < 1.29 is 32.6 Å². The van der Waals surface area contributed by atoms with Crippen LogP contribution in [0.5, 0.6) is 5.75 Å². The number of aromatic nitrogens is 2. The smallest absolute Gasteiger partial charge is 0.481 e. The number of piperidine rings is 1. The predicted octanol–water partition coefficient (Wildman–Crippen LogP) is 5.86. The molecule has 0 unspecified atom stereocenters. The molecule has 42 heavy (non-hydrogen) atoms. The van der Waals surface area contributed by atoms with Gasteiger partial charge in [0.15, 0.2) is 0 Å². The maximum atomic E-state index is 13.5. The quantitative estimate of drug-likeness (QED) is 0.352. The van der Waals surface area contributed by atoms with Crippen molar-refractivity contribution in [3.8, 4) is 5.75 Å². The number of hydrogen-bond acceptors (Lipinski definition) is 5. The number of fused-ring (bicyclic) bond motifs is 3. The van der Waals surface area contributed by atoms with Crippen molar-refractivity contribution in [1.29, 1.82) is 0 Å². The van der Waals surface area contributed by atoms with E-state index in [0.29, 0.717) is 38.3 Å². The molecule has 228 valence electrons. The Morgan fingerprint density at radius 2 is 1.90 bits per heavy atom. The molecule has 1 aromatic carbocycles. The molecular weight excluding hydrogens is 596 g/mol. The number of halogens is 5. The number of nitrogens with zero attached hydrogens (tertiary/aromatic N) is 4. The van der Waals surface area contributed by atoms with Crippen molar-refractivity contribution in [3.63, 3.8) is 0 Å². The number of ether oxygens (including phenoxy) is 1. The van der Waals surface area contributed by atoms with E-state index in [1.54, 1.807) is 12.3 Å². The number of alkyl halides is 3. The summed E-state index contributed by atoms with van der Waals surface area (Å²) in [6.45, 7) is 7.02. The van der Waals surface area contributed by atoms with E-state index in [0.717, 1.165) is 35.1 Å². The highest BCUT2D eigenvalue weighted by Crippen LogP contribution is 2.41. The van der Waals surface area contributed by atoms with Gasteiger partial charge in [-0.1, -0.05) is 31.5 Å². The van der Waals surface area contributed by atoms with E-state index in [4.69, 9.17) is 16.7 Å². The molecule has 3 aromatic rings. The van der Waals surface area contributed by atoms with Crippen LogP contribution < -0.4 is 4.74 Å². The monoisotopic (exact) mass is 628 g/mol. The highest BCUT2D eigenvalue weighted by molar-refractivity contribution is 6.32. The summed E-state index contributed by atoms with van der Waals surface area (Å²) in [5.41, 5.74) is 3.04. The fourth-order valence-corrected chi connectivity index (χ4v) is 6.45. The highest BCUT2D eigenvalue weighted by Gasteiger charge is 2.39. The number of hydrogen-bond donors (Lipinski definition) is 1. The van der Waals surface area contributed by atoms with E-state index < -0.39 is 18.1 Å². The van der Waals surface area contributed by atoms with Gasteiger partial charge in [-0.05, 0) is 67.2 Å². The second kappa shape index (κ2) is 12.3. The molecule has 2 aliphatic heterocycles. The standard InChI is InChI=1S/C29H32ClF3N4O4.ClH/c1-28(2)17-36(24(38)16-35-10-7-18(8-11-35)13-25(39)40)15-22-26(28)20-4-3-9-34-27(20)37(22)14-19-5-6-23(21(30)12-19)41-29(31,32)33;/h3-6,9,12,18H,7-8,10-11,13-17H2,1-2H3,(H,39,40);1H. The number of benzene rings is 1. The van der Waals surface area contributed by atoms with Gasteiger partial charge in [-0.2, -0.15) is 0 Å². The Balaban J connectivity index is 0.00000405. The number of rotatable bonds is 7. The minimum Gasteiger partial charge on any atom is -0.481 e. The van der Waals surface area contributed by atoms with Crippen LogP contribution >= 0.6 is 24.0 Å². The predicted molar refractivity (Wildman–Crippen MR) is 154 cm³/mol. The van der Waals surface area contributed by atoms with Crippen molar-refractivity contribution >= 4 is 46.9 Å². The minimum atomic E-state index is -4.85. The minimum absolute atomic E-state index is 0. The molecule has 0 spiro atoms. The number of likely N-dealkylation sites (tertiary alicyclic amines) is 1. The zero-order valence-electron chi connectivity index (χ0n) is 23.3. The molecule has 2 aliphatic rings. The van der Waals surface area contributed by atoms with Crippen molar-refractivity contribution in [1.82, 2.24) is 19.4 Å². The third-order valence-corrected chi connectivity index (χ3v) is 8.27. The van der Waals surface area contributed by atoms with Gasteiger partial charge in [-0.3, -0.25) is 14.5 Å². The SMILES string of the molecule is CC1(C)CN(C(=O)CN2CCC(CC(=O)O)CC2)Cc2c1c1cccnc1n2Cc1ccc(OC(F)(F)F)c(Cl)c1.Cl. The molecule has 0 radical (unpaired) electrons. The number of carboxylic acids is 1. The lowest BCUT2D eigenvalue weighted by molar-refractivity contribution is -0.274. The lowest BCUT2D eigenvalue weighted by Gasteiger charge is -2.40. The molecule has 0 aliphatic carbocycles. The van der Waals surface area contributed by atoms with E-state index in [2.05, 4.69) is 28.5 Å². The fourth-order valence-electron chi connectivity index (χ4n) is 6.20. The van der Waals surface area contributed by atoms with Crippen LogP contribution in [0.1, 0.15) is 49.9 Å². The number of pyridine rings is 1. The second-order valence-corrected chi connectivity index (χ2v) is 12.0. The Bertz CT molecular complexity index is 1470. The van der Waals surface area contributed by atoms with E-state index in [1.807, 2.05) is 21.6 Å². The third kappa shape index (κ3) is 6.95.